The molecule has 0 aliphatic carbocycles. The lowest BCUT2D eigenvalue weighted by molar-refractivity contribution is -0.148. The van der Waals surface area contributed by atoms with Crippen molar-refractivity contribution in [2.45, 2.75) is 53.2 Å². The quantitative estimate of drug-likeness (QED) is 0.883. The van der Waals surface area contributed by atoms with Crippen LogP contribution in [0.3, 0.4) is 0 Å². The van der Waals surface area contributed by atoms with Gasteiger partial charge in [0.1, 0.15) is 6.04 Å². The first-order valence-electron chi connectivity index (χ1n) is 7.58. The molecule has 2 heterocycles. The van der Waals surface area contributed by atoms with Gasteiger partial charge in [0.2, 0.25) is 11.8 Å². The van der Waals surface area contributed by atoms with Crippen molar-refractivity contribution in [2.75, 3.05) is 6.54 Å². The molecule has 6 heteroatoms. The highest BCUT2D eigenvalue weighted by molar-refractivity contribution is 5.94. The van der Waals surface area contributed by atoms with Crippen LogP contribution >= 0.6 is 0 Å². The summed E-state index contributed by atoms with van der Waals surface area (Å²) < 4.78 is 1.89. The number of carbonyl (C=O) groups is 2. The van der Waals surface area contributed by atoms with Crippen molar-refractivity contribution in [1.82, 2.24) is 20.0 Å². The Kier molecular flexibility index (Phi) is 4.65. The maximum absolute atomic E-state index is 12.3. The van der Waals surface area contributed by atoms with Crippen LogP contribution in [0, 0.1) is 12.8 Å². The van der Waals surface area contributed by atoms with E-state index in [-0.39, 0.29) is 24.3 Å². The minimum Gasteiger partial charge on any atom is -0.345 e. The van der Waals surface area contributed by atoms with Gasteiger partial charge >= 0.3 is 0 Å². The summed E-state index contributed by atoms with van der Waals surface area (Å²) in [5.41, 5.74) is 1.91. The van der Waals surface area contributed by atoms with E-state index in [2.05, 4.69) is 10.4 Å². The molecule has 1 aliphatic heterocycles. The number of rotatable bonds is 5. The van der Waals surface area contributed by atoms with Crippen LogP contribution in [0.2, 0.25) is 0 Å². The van der Waals surface area contributed by atoms with Crippen molar-refractivity contribution in [3.63, 3.8) is 0 Å². The Morgan fingerprint density at radius 1 is 1.43 bits per heavy atom. The Hall–Kier alpha value is -1.85. The molecule has 2 unspecified atom stereocenters. The Morgan fingerprint density at radius 3 is 2.76 bits per heavy atom. The summed E-state index contributed by atoms with van der Waals surface area (Å²) >= 11 is 0. The molecule has 1 saturated heterocycles. The van der Waals surface area contributed by atoms with E-state index in [1.54, 1.807) is 4.90 Å². The molecule has 116 valence electrons. The third-order valence-electron chi connectivity index (χ3n) is 4.14. The average molecular weight is 292 g/mol. The Labute approximate surface area is 125 Å². The predicted molar refractivity (Wildman–Crippen MR) is 79.4 cm³/mol. The van der Waals surface area contributed by atoms with Crippen molar-refractivity contribution in [3.8, 4) is 0 Å². The van der Waals surface area contributed by atoms with Crippen LogP contribution in [-0.4, -0.2) is 39.1 Å². The molecule has 21 heavy (non-hydrogen) atoms. The molecule has 1 N–H and O–H groups in total. The summed E-state index contributed by atoms with van der Waals surface area (Å²) in [4.78, 5) is 26.1. The van der Waals surface area contributed by atoms with E-state index in [1.165, 1.54) is 0 Å². The number of piperazine rings is 1. The van der Waals surface area contributed by atoms with Crippen molar-refractivity contribution >= 4 is 11.8 Å². The van der Waals surface area contributed by atoms with E-state index < -0.39 is 6.04 Å². The van der Waals surface area contributed by atoms with Crippen LogP contribution in [-0.2, 0) is 22.7 Å². The maximum Gasteiger partial charge on any atom is 0.243 e. The fraction of sp³-hybridized carbons (Fsp3) is 0.667. The maximum atomic E-state index is 12.3. The molecule has 2 atom stereocenters. The van der Waals surface area contributed by atoms with E-state index in [4.69, 9.17) is 0 Å². The second kappa shape index (κ2) is 6.28. The zero-order valence-corrected chi connectivity index (χ0v) is 13.2. The van der Waals surface area contributed by atoms with Gasteiger partial charge in [0.15, 0.2) is 0 Å². The second-order valence-electron chi connectivity index (χ2n) is 5.66. The van der Waals surface area contributed by atoms with Crippen LogP contribution < -0.4 is 5.32 Å². The molecule has 1 fully saturated rings. The molecule has 0 saturated carbocycles. The lowest BCUT2D eigenvalue weighted by Gasteiger charge is -2.38. The van der Waals surface area contributed by atoms with Gasteiger partial charge in [0, 0.05) is 6.54 Å². The van der Waals surface area contributed by atoms with Crippen molar-refractivity contribution in [2.24, 2.45) is 5.92 Å². The molecule has 0 spiro atoms. The van der Waals surface area contributed by atoms with Crippen molar-refractivity contribution < 1.29 is 9.59 Å². The van der Waals surface area contributed by atoms with Crippen LogP contribution in [0.25, 0.3) is 0 Å². The molecule has 0 aromatic carbocycles. The van der Waals surface area contributed by atoms with Crippen LogP contribution in [0.1, 0.15) is 38.6 Å². The number of nitrogens with one attached hydrogen (secondary N) is 1. The van der Waals surface area contributed by atoms with E-state index in [0.717, 1.165) is 24.4 Å². The first-order valence-corrected chi connectivity index (χ1v) is 7.58. The summed E-state index contributed by atoms with van der Waals surface area (Å²) in [7, 11) is 0. The zero-order valence-electron chi connectivity index (χ0n) is 13.2. The highest BCUT2D eigenvalue weighted by Gasteiger charge is 2.37. The van der Waals surface area contributed by atoms with E-state index in [9.17, 15) is 9.59 Å². The van der Waals surface area contributed by atoms with Gasteiger partial charge in [-0.2, -0.15) is 5.10 Å². The summed E-state index contributed by atoms with van der Waals surface area (Å²) in [6.07, 6.45) is 0.855. The second-order valence-corrected chi connectivity index (χ2v) is 5.66. The third-order valence-corrected chi connectivity index (χ3v) is 4.14. The smallest absolute Gasteiger partial charge is 0.243 e. The standard InChI is InChI=1S/C15H24N4O2/c1-5-10(3)14-15(21)16-8-13(20)18(14)9-12-7-11(4)17-19(12)6-2/h7,10,14H,5-6,8-9H2,1-4H3,(H,16,21). The van der Waals surface area contributed by atoms with Gasteiger partial charge in [-0.3, -0.25) is 14.3 Å². The summed E-state index contributed by atoms with van der Waals surface area (Å²) in [5, 5.41) is 7.10. The number of carbonyl (C=O) groups excluding carboxylic acids is 2. The number of aryl methyl sites for hydroxylation is 2. The van der Waals surface area contributed by atoms with E-state index in [1.807, 2.05) is 38.4 Å². The first-order chi connectivity index (χ1) is 9.97. The topological polar surface area (TPSA) is 67.2 Å². The largest absolute Gasteiger partial charge is 0.345 e. The fourth-order valence-corrected chi connectivity index (χ4v) is 2.82. The molecular formula is C15H24N4O2. The van der Waals surface area contributed by atoms with Gasteiger partial charge in [0.05, 0.1) is 24.5 Å². The molecule has 0 bridgehead atoms. The average Bonchev–Trinajstić information content (AvgIpc) is 2.82. The van der Waals surface area contributed by atoms with Gasteiger partial charge in [-0.15, -0.1) is 0 Å². The van der Waals surface area contributed by atoms with Gasteiger partial charge in [0.25, 0.3) is 0 Å². The molecule has 6 nitrogen and oxygen atoms in total. The fourth-order valence-electron chi connectivity index (χ4n) is 2.82. The Morgan fingerprint density at radius 2 is 2.14 bits per heavy atom. The normalized spacial score (nSPS) is 20.6. The summed E-state index contributed by atoms with van der Waals surface area (Å²) in [6, 6.07) is 1.59. The summed E-state index contributed by atoms with van der Waals surface area (Å²) in [5.74, 6) is 0.0537. The number of nitrogens with zero attached hydrogens (tertiary/aromatic N) is 3. The molecule has 2 amide bonds. The number of hydrogen-bond donors (Lipinski definition) is 1. The third kappa shape index (κ3) is 3.09. The van der Waals surface area contributed by atoms with E-state index in [0.29, 0.717) is 6.54 Å². The van der Waals surface area contributed by atoms with Crippen LogP contribution in [0.5, 0.6) is 0 Å². The Balaban J connectivity index is 2.28. The molecule has 1 aliphatic rings. The number of aromatic nitrogens is 2. The minimum absolute atomic E-state index is 0.0265. The van der Waals surface area contributed by atoms with Gasteiger partial charge in [-0.25, -0.2) is 0 Å². The molecule has 1 aromatic heterocycles. The number of amides is 2. The lowest BCUT2D eigenvalue weighted by atomic mass is 9.95. The highest BCUT2D eigenvalue weighted by Crippen LogP contribution is 2.21. The highest BCUT2D eigenvalue weighted by atomic mass is 16.2. The number of hydrogen-bond acceptors (Lipinski definition) is 3. The van der Waals surface area contributed by atoms with Crippen molar-refractivity contribution in [1.29, 1.82) is 0 Å². The minimum atomic E-state index is -0.392. The van der Waals surface area contributed by atoms with Gasteiger partial charge < -0.3 is 10.2 Å². The Bertz CT molecular complexity index is 538. The predicted octanol–water partition coefficient (Wildman–Crippen LogP) is 1.08. The summed E-state index contributed by atoms with van der Waals surface area (Å²) in [6.45, 7) is 9.29. The van der Waals surface area contributed by atoms with E-state index >= 15 is 0 Å². The first kappa shape index (κ1) is 15.5. The van der Waals surface area contributed by atoms with Crippen molar-refractivity contribution in [3.05, 3.63) is 17.5 Å². The molecule has 1 aromatic rings. The molecule has 0 radical (unpaired) electrons. The zero-order chi connectivity index (χ0) is 15.6. The SMILES string of the molecule is CCC(C)C1C(=O)NCC(=O)N1Cc1cc(C)nn1CC. The van der Waals surface area contributed by atoms with Gasteiger partial charge in [-0.05, 0) is 25.8 Å². The van der Waals surface area contributed by atoms with Gasteiger partial charge in [-0.1, -0.05) is 20.3 Å². The molecule has 2 rings (SSSR count). The molecular weight excluding hydrogens is 268 g/mol. The van der Waals surface area contributed by atoms with Crippen LogP contribution in [0.4, 0.5) is 0 Å². The lowest BCUT2D eigenvalue weighted by Crippen LogP contribution is -2.60. The monoisotopic (exact) mass is 292 g/mol. The van der Waals surface area contributed by atoms with Crippen LogP contribution in [0.15, 0.2) is 6.07 Å².